The molecule has 0 saturated carbocycles. The van der Waals surface area contributed by atoms with Gasteiger partial charge in [0.2, 0.25) is 0 Å². The van der Waals surface area contributed by atoms with Crippen molar-refractivity contribution in [3.8, 4) is 50.7 Å². The highest BCUT2D eigenvalue weighted by molar-refractivity contribution is 6.36. The topological polar surface area (TPSA) is 43.6 Å². The lowest BCUT2D eigenvalue weighted by molar-refractivity contribution is 1.17. The van der Waals surface area contributed by atoms with E-state index >= 15 is 0 Å². The van der Waals surface area contributed by atoms with Crippen molar-refractivity contribution in [3.05, 3.63) is 194 Å². The molecule has 0 fully saturated rings. The van der Waals surface area contributed by atoms with Gasteiger partial charge in [-0.3, -0.25) is 4.98 Å². The summed E-state index contributed by atoms with van der Waals surface area (Å²) in [7, 11) is 0. The van der Waals surface area contributed by atoms with Crippen LogP contribution in [-0.4, -0.2) is 19.5 Å². The van der Waals surface area contributed by atoms with Crippen molar-refractivity contribution in [3.63, 3.8) is 0 Å². The summed E-state index contributed by atoms with van der Waals surface area (Å²) in [6, 6.07) is 64.7. The first-order valence-electron chi connectivity index (χ1n) is 18.6. The van der Waals surface area contributed by atoms with Gasteiger partial charge in [0, 0.05) is 50.9 Å². The molecule has 256 valence electrons. The van der Waals surface area contributed by atoms with Crippen LogP contribution >= 0.6 is 0 Å². The average molecular weight is 701 g/mol. The first kappa shape index (κ1) is 31.1. The first-order valence-corrected chi connectivity index (χ1v) is 18.6. The number of fused-ring (bicyclic) bond motifs is 10. The summed E-state index contributed by atoms with van der Waals surface area (Å²) in [5.41, 5.74) is 10.5. The van der Waals surface area contributed by atoms with Crippen molar-refractivity contribution in [2.75, 3.05) is 0 Å². The Balaban J connectivity index is 1.09. The van der Waals surface area contributed by atoms with Crippen LogP contribution < -0.4 is 0 Å². The van der Waals surface area contributed by atoms with E-state index in [4.69, 9.17) is 9.97 Å². The molecule has 0 aliphatic rings. The number of hydrogen-bond acceptors (Lipinski definition) is 3. The molecule has 0 atom stereocenters. The zero-order valence-corrected chi connectivity index (χ0v) is 29.8. The molecule has 0 spiro atoms. The van der Waals surface area contributed by atoms with E-state index < -0.39 is 0 Å². The summed E-state index contributed by atoms with van der Waals surface area (Å²) in [5, 5.41) is 10.1. The number of rotatable bonds is 5. The van der Waals surface area contributed by atoms with Gasteiger partial charge in [-0.25, -0.2) is 9.97 Å². The van der Waals surface area contributed by atoms with Gasteiger partial charge in [0.15, 0.2) is 5.82 Å². The summed E-state index contributed by atoms with van der Waals surface area (Å²) >= 11 is 0. The Morgan fingerprint density at radius 2 is 1.00 bits per heavy atom. The minimum absolute atomic E-state index is 0.696. The molecule has 3 aromatic heterocycles. The van der Waals surface area contributed by atoms with Crippen LogP contribution in [0, 0.1) is 0 Å². The monoisotopic (exact) mass is 700 g/mol. The molecule has 55 heavy (non-hydrogen) atoms. The highest BCUT2D eigenvalue weighted by atomic mass is 15.0. The van der Waals surface area contributed by atoms with Crippen LogP contribution in [0.3, 0.4) is 0 Å². The molecular formula is C51H32N4. The number of hydrogen-bond donors (Lipinski definition) is 0. The van der Waals surface area contributed by atoms with Crippen LogP contribution in [0.2, 0.25) is 0 Å². The summed E-state index contributed by atoms with van der Waals surface area (Å²) in [5.74, 6) is 0.696. The number of pyridine rings is 1. The number of aromatic nitrogens is 4. The quantitative estimate of drug-likeness (QED) is 0.168. The molecule has 4 nitrogen and oxygen atoms in total. The van der Waals surface area contributed by atoms with E-state index in [9.17, 15) is 0 Å². The van der Waals surface area contributed by atoms with E-state index in [1.807, 2.05) is 30.5 Å². The molecule has 0 bridgehead atoms. The molecule has 11 aromatic rings. The highest BCUT2D eigenvalue weighted by Crippen LogP contribution is 2.44. The predicted octanol–water partition coefficient (Wildman–Crippen LogP) is 13.1. The largest absolute Gasteiger partial charge is 0.309 e. The van der Waals surface area contributed by atoms with Gasteiger partial charge in [-0.15, -0.1) is 0 Å². The number of nitrogens with zero attached hydrogens (tertiary/aromatic N) is 4. The van der Waals surface area contributed by atoms with Crippen molar-refractivity contribution >= 4 is 54.1 Å². The second-order valence-electron chi connectivity index (χ2n) is 14.0. The van der Waals surface area contributed by atoms with E-state index in [1.54, 1.807) is 6.20 Å². The Morgan fingerprint density at radius 3 is 1.75 bits per heavy atom. The van der Waals surface area contributed by atoms with Crippen LogP contribution in [0.25, 0.3) is 105 Å². The van der Waals surface area contributed by atoms with Gasteiger partial charge in [-0.05, 0) is 68.4 Å². The van der Waals surface area contributed by atoms with E-state index in [1.165, 1.54) is 54.1 Å². The molecule has 0 saturated heterocycles. The Morgan fingerprint density at radius 1 is 0.382 bits per heavy atom. The van der Waals surface area contributed by atoms with Crippen molar-refractivity contribution < 1.29 is 0 Å². The molecule has 4 heteroatoms. The van der Waals surface area contributed by atoms with Gasteiger partial charge in [0.25, 0.3) is 0 Å². The second-order valence-corrected chi connectivity index (χ2v) is 14.0. The lowest BCUT2D eigenvalue weighted by atomic mass is 9.93. The maximum Gasteiger partial charge on any atom is 0.160 e. The van der Waals surface area contributed by atoms with E-state index in [2.05, 4.69) is 167 Å². The zero-order valence-electron chi connectivity index (χ0n) is 29.8. The number of benzene rings is 8. The second kappa shape index (κ2) is 12.6. The van der Waals surface area contributed by atoms with Crippen LogP contribution in [0.5, 0.6) is 0 Å². The molecule has 0 N–H and O–H groups in total. The fraction of sp³-hybridized carbons (Fsp3) is 0. The third-order valence-electron chi connectivity index (χ3n) is 10.9. The lowest BCUT2D eigenvalue weighted by Gasteiger charge is -2.14. The minimum atomic E-state index is 0.696. The van der Waals surface area contributed by atoms with Gasteiger partial charge >= 0.3 is 0 Å². The Labute approximate surface area is 317 Å². The summed E-state index contributed by atoms with van der Waals surface area (Å²) in [6.45, 7) is 0. The van der Waals surface area contributed by atoms with Gasteiger partial charge in [-0.1, -0.05) is 152 Å². The third kappa shape index (κ3) is 5.11. The lowest BCUT2D eigenvalue weighted by Crippen LogP contribution is -1.97. The van der Waals surface area contributed by atoms with Crippen molar-refractivity contribution in [1.29, 1.82) is 0 Å². The minimum Gasteiger partial charge on any atom is -0.309 e. The van der Waals surface area contributed by atoms with Gasteiger partial charge in [0.05, 0.1) is 22.4 Å². The fourth-order valence-corrected chi connectivity index (χ4v) is 8.32. The first-order chi connectivity index (χ1) is 27.3. The summed E-state index contributed by atoms with van der Waals surface area (Å²) in [6.07, 6.45) is 3.69. The SMILES string of the molecule is c1ccc(-c2nc(-c3ccc(-c4cccnc4)cc3)cc(-c3ccc(-n4c5ccccc5c5c6ccc7ccccc7c6c6ccccc6c54)cc3)n2)cc1. The maximum atomic E-state index is 5.13. The van der Waals surface area contributed by atoms with E-state index in [0.29, 0.717) is 5.82 Å². The molecular weight excluding hydrogens is 669 g/mol. The smallest absolute Gasteiger partial charge is 0.160 e. The number of para-hydroxylation sites is 1. The normalized spacial score (nSPS) is 11.6. The van der Waals surface area contributed by atoms with E-state index in [0.717, 1.165) is 44.9 Å². The molecule has 11 rings (SSSR count). The van der Waals surface area contributed by atoms with Crippen LogP contribution in [0.15, 0.2) is 194 Å². The van der Waals surface area contributed by atoms with Crippen molar-refractivity contribution in [2.24, 2.45) is 0 Å². The Hall–Kier alpha value is -7.43. The van der Waals surface area contributed by atoms with Crippen LogP contribution in [0.4, 0.5) is 0 Å². The van der Waals surface area contributed by atoms with Gasteiger partial charge in [0.1, 0.15) is 0 Å². The standard InChI is InChI=1S/C51H32N4/c1-2-12-37(13-3-1)51-53-45(35-22-20-33(21-23-35)38-14-10-30-52-32-38)31-46(54-51)36-24-27-39(28-25-36)55-47-19-9-8-18-43(47)49-44-29-26-34-11-4-5-15-40(34)48(44)41-16-6-7-17-42(41)50(49)55/h1-32H. The van der Waals surface area contributed by atoms with E-state index in [-0.39, 0.29) is 0 Å². The van der Waals surface area contributed by atoms with Crippen LogP contribution in [-0.2, 0) is 0 Å². The molecule has 8 aromatic carbocycles. The molecule has 0 aliphatic carbocycles. The predicted molar refractivity (Wildman–Crippen MR) is 228 cm³/mol. The Kier molecular flexibility index (Phi) is 7.14. The van der Waals surface area contributed by atoms with Gasteiger partial charge in [-0.2, -0.15) is 0 Å². The molecule has 3 heterocycles. The molecule has 0 radical (unpaired) electrons. The highest BCUT2D eigenvalue weighted by Gasteiger charge is 2.20. The summed E-state index contributed by atoms with van der Waals surface area (Å²) < 4.78 is 2.44. The average Bonchev–Trinajstić information content (AvgIpc) is 3.62. The van der Waals surface area contributed by atoms with Gasteiger partial charge < -0.3 is 4.57 Å². The van der Waals surface area contributed by atoms with Crippen molar-refractivity contribution in [1.82, 2.24) is 19.5 Å². The molecule has 0 aliphatic heterocycles. The molecule has 0 unspecified atom stereocenters. The fourth-order valence-electron chi connectivity index (χ4n) is 8.32. The van der Waals surface area contributed by atoms with Crippen LogP contribution in [0.1, 0.15) is 0 Å². The van der Waals surface area contributed by atoms with Crippen molar-refractivity contribution in [2.45, 2.75) is 0 Å². The molecule has 0 amide bonds. The zero-order chi connectivity index (χ0) is 36.3. The summed E-state index contributed by atoms with van der Waals surface area (Å²) in [4.78, 5) is 14.5. The maximum absolute atomic E-state index is 5.13. The Bertz CT molecular complexity index is 3220. The third-order valence-corrected chi connectivity index (χ3v) is 10.9.